The number of thiazole rings is 1. The lowest BCUT2D eigenvalue weighted by Crippen LogP contribution is -2.51. The number of hydrogen-bond donors (Lipinski definition) is 1. The van der Waals surface area contributed by atoms with Crippen molar-refractivity contribution < 1.29 is 5.11 Å². The first-order chi connectivity index (χ1) is 9.10. The highest BCUT2D eigenvalue weighted by molar-refractivity contribution is 7.15. The molecule has 19 heavy (non-hydrogen) atoms. The van der Waals surface area contributed by atoms with Crippen LogP contribution in [0.25, 0.3) is 0 Å². The van der Waals surface area contributed by atoms with E-state index in [1.807, 2.05) is 25.2 Å². The van der Waals surface area contributed by atoms with Gasteiger partial charge in [-0.05, 0) is 13.5 Å². The van der Waals surface area contributed by atoms with Crippen LogP contribution in [-0.4, -0.2) is 73.3 Å². The van der Waals surface area contributed by atoms with Gasteiger partial charge in [0.05, 0.1) is 0 Å². The lowest BCUT2D eigenvalue weighted by Gasteiger charge is -2.39. The van der Waals surface area contributed by atoms with Crippen molar-refractivity contribution in [3.8, 4) is 0 Å². The second-order valence-corrected chi connectivity index (χ2v) is 6.48. The maximum Gasteiger partial charge on any atom is 0.185 e. The monoisotopic (exact) mass is 284 g/mol. The number of hydrogen-bond acceptors (Lipinski definition) is 6. The van der Waals surface area contributed by atoms with E-state index < -0.39 is 0 Å². The minimum atomic E-state index is 0.272. The summed E-state index contributed by atoms with van der Waals surface area (Å²) in [5.74, 6) is 0. The van der Waals surface area contributed by atoms with Crippen molar-refractivity contribution >= 4 is 16.5 Å². The third-order valence-electron chi connectivity index (χ3n) is 3.63. The SMILES string of the molecule is CN(C)c1ncc(CN2CCN(C)C(CCO)C2)s1. The molecule has 0 spiro atoms. The van der Waals surface area contributed by atoms with Gasteiger partial charge in [-0.15, -0.1) is 11.3 Å². The number of rotatable bonds is 5. The van der Waals surface area contributed by atoms with Gasteiger partial charge in [0.1, 0.15) is 0 Å². The van der Waals surface area contributed by atoms with Crippen LogP contribution < -0.4 is 4.90 Å². The van der Waals surface area contributed by atoms with E-state index in [0.717, 1.165) is 37.7 Å². The Kier molecular flexibility index (Phi) is 5.15. The van der Waals surface area contributed by atoms with Crippen molar-refractivity contribution in [1.82, 2.24) is 14.8 Å². The highest BCUT2D eigenvalue weighted by atomic mass is 32.1. The summed E-state index contributed by atoms with van der Waals surface area (Å²) in [6.45, 7) is 4.44. The van der Waals surface area contributed by atoms with Crippen LogP contribution in [0.1, 0.15) is 11.3 Å². The number of likely N-dealkylation sites (N-methyl/N-ethyl adjacent to an activating group) is 1. The molecule has 1 aliphatic rings. The van der Waals surface area contributed by atoms with Crippen LogP contribution in [0.2, 0.25) is 0 Å². The molecule has 0 radical (unpaired) electrons. The Morgan fingerprint density at radius 3 is 2.89 bits per heavy atom. The van der Waals surface area contributed by atoms with Crippen LogP contribution in [0.5, 0.6) is 0 Å². The van der Waals surface area contributed by atoms with E-state index in [4.69, 9.17) is 5.11 Å². The van der Waals surface area contributed by atoms with E-state index in [2.05, 4.69) is 21.8 Å². The van der Waals surface area contributed by atoms with E-state index in [-0.39, 0.29) is 6.61 Å². The van der Waals surface area contributed by atoms with Crippen LogP contribution in [-0.2, 0) is 6.54 Å². The summed E-state index contributed by atoms with van der Waals surface area (Å²) in [5, 5.41) is 10.2. The summed E-state index contributed by atoms with van der Waals surface area (Å²) in [6, 6.07) is 0.472. The van der Waals surface area contributed by atoms with E-state index in [1.165, 1.54) is 4.88 Å². The van der Waals surface area contributed by atoms with Gasteiger partial charge in [-0.25, -0.2) is 4.98 Å². The largest absolute Gasteiger partial charge is 0.396 e. The molecule has 1 fully saturated rings. The van der Waals surface area contributed by atoms with E-state index in [9.17, 15) is 0 Å². The van der Waals surface area contributed by atoms with E-state index >= 15 is 0 Å². The fourth-order valence-electron chi connectivity index (χ4n) is 2.41. The molecule has 0 bridgehead atoms. The molecule has 1 N–H and O–H groups in total. The first kappa shape index (κ1) is 14.7. The van der Waals surface area contributed by atoms with Gasteiger partial charge >= 0.3 is 0 Å². The standard InChI is InChI=1S/C13H24N4OS/c1-15(2)13-14-8-12(19-13)10-17-6-5-16(3)11(9-17)4-7-18/h8,11,18H,4-7,9-10H2,1-3H3. The molecule has 1 aromatic heterocycles. The topological polar surface area (TPSA) is 42.8 Å². The van der Waals surface area contributed by atoms with Crippen molar-refractivity contribution in [2.45, 2.75) is 19.0 Å². The molecule has 2 rings (SSSR count). The van der Waals surface area contributed by atoms with Crippen LogP contribution in [0.3, 0.4) is 0 Å². The van der Waals surface area contributed by atoms with Gasteiger partial charge in [-0.3, -0.25) is 4.90 Å². The fourth-order valence-corrected chi connectivity index (χ4v) is 3.29. The summed E-state index contributed by atoms with van der Waals surface area (Å²) in [7, 11) is 6.19. The van der Waals surface area contributed by atoms with Gasteiger partial charge in [-0.1, -0.05) is 0 Å². The van der Waals surface area contributed by atoms with Gasteiger partial charge < -0.3 is 14.9 Å². The average Bonchev–Trinajstić information content (AvgIpc) is 2.82. The fraction of sp³-hybridized carbons (Fsp3) is 0.769. The molecule has 0 aromatic carbocycles. The molecule has 1 unspecified atom stereocenters. The minimum absolute atomic E-state index is 0.272. The summed E-state index contributed by atoms with van der Waals surface area (Å²) < 4.78 is 0. The maximum atomic E-state index is 9.12. The van der Waals surface area contributed by atoms with Crippen molar-refractivity contribution in [2.75, 3.05) is 52.3 Å². The summed E-state index contributed by atoms with van der Waals surface area (Å²) in [4.78, 5) is 12.6. The molecule has 0 amide bonds. The van der Waals surface area contributed by atoms with Gasteiger partial charge in [0.15, 0.2) is 5.13 Å². The Bertz CT molecular complexity index is 396. The van der Waals surface area contributed by atoms with Crippen molar-refractivity contribution in [3.05, 3.63) is 11.1 Å². The summed E-state index contributed by atoms with van der Waals surface area (Å²) in [6.07, 6.45) is 2.85. The van der Waals surface area contributed by atoms with Crippen LogP contribution in [0.15, 0.2) is 6.20 Å². The molecule has 1 saturated heterocycles. The zero-order valence-electron chi connectivity index (χ0n) is 12.0. The summed E-state index contributed by atoms with van der Waals surface area (Å²) in [5.41, 5.74) is 0. The van der Waals surface area contributed by atoms with Crippen LogP contribution >= 0.6 is 11.3 Å². The third kappa shape index (κ3) is 3.89. The number of anilines is 1. The van der Waals surface area contributed by atoms with Gasteiger partial charge in [0.25, 0.3) is 0 Å². The normalized spacial score (nSPS) is 21.8. The Labute approximate surface area is 119 Å². The van der Waals surface area contributed by atoms with Gasteiger partial charge in [-0.2, -0.15) is 0 Å². The number of aromatic nitrogens is 1. The maximum absolute atomic E-state index is 9.12. The first-order valence-corrected chi connectivity index (χ1v) is 7.57. The molecule has 0 saturated carbocycles. The molecule has 2 heterocycles. The lowest BCUT2D eigenvalue weighted by atomic mass is 10.1. The molecule has 5 nitrogen and oxygen atoms in total. The molecular formula is C13H24N4OS. The predicted octanol–water partition coefficient (Wildman–Crippen LogP) is 0.707. The highest BCUT2D eigenvalue weighted by Gasteiger charge is 2.24. The quantitative estimate of drug-likeness (QED) is 0.862. The van der Waals surface area contributed by atoms with E-state index in [0.29, 0.717) is 6.04 Å². The molecule has 1 atom stereocenters. The Morgan fingerprint density at radius 2 is 2.26 bits per heavy atom. The summed E-state index contributed by atoms with van der Waals surface area (Å²) >= 11 is 1.76. The predicted molar refractivity (Wildman–Crippen MR) is 79.8 cm³/mol. The number of aliphatic hydroxyl groups excluding tert-OH is 1. The number of nitrogens with zero attached hydrogens (tertiary/aromatic N) is 4. The third-order valence-corrected chi connectivity index (χ3v) is 4.78. The second-order valence-electron chi connectivity index (χ2n) is 5.39. The van der Waals surface area contributed by atoms with Crippen molar-refractivity contribution in [3.63, 3.8) is 0 Å². The van der Waals surface area contributed by atoms with Gasteiger partial charge in [0, 0.05) is 64.0 Å². The molecule has 0 aliphatic carbocycles. The zero-order chi connectivity index (χ0) is 13.8. The smallest absolute Gasteiger partial charge is 0.185 e. The molecular weight excluding hydrogens is 260 g/mol. The Morgan fingerprint density at radius 1 is 1.47 bits per heavy atom. The zero-order valence-corrected chi connectivity index (χ0v) is 12.9. The highest BCUT2D eigenvalue weighted by Crippen LogP contribution is 2.23. The number of aliphatic hydroxyl groups is 1. The molecule has 108 valence electrons. The first-order valence-electron chi connectivity index (χ1n) is 6.75. The Balaban J connectivity index is 1.91. The van der Waals surface area contributed by atoms with Gasteiger partial charge in [0.2, 0.25) is 0 Å². The lowest BCUT2D eigenvalue weighted by molar-refractivity contribution is 0.0748. The Hall–Kier alpha value is -0.690. The van der Waals surface area contributed by atoms with Crippen LogP contribution in [0, 0.1) is 0 Å². The van der Waals surface area contributed by atoms with Crippen LogP contribution in [0.4, 0.5) is 5.13 Å². The number of piperazine rings is 1. The average molecular weight is 284 g/mol. The van der Waals surface area contributed by atoms with E-state index in [1.54, 1.807) is 11.3 Å². The van der Waals surface area contributed by atoms with Crippen molar-refractivity contribution in [1.29, 1.82) is 0 Å². The molecule has 1 aromatic rings. The molecule has 6 heteroatoms. The van der Waals surface area contributed by atoms with Crippen molar-refractivity contribution in [2.24, 2.45) is 0 Å². The second kappa shape index (κ2) is 6.65. The molecule has 1 aliphatic heterocycles. The minimum Gasteiger partial charge on any atom is -0.396 e.